The number of carbonyl (C=O) groups is 4. The van der Waals surface area contributed by atoms with Crippen LogP contribution in [0.1, 0.15) is 18.4 Å². The highest BCUT2D eigenvalue weighted by atomic mass is 16.4. The van der Waals surface area contributed by atoms with Crippen molar-refractivity contribution in [2.24, 2.45) is 11.5 Å². The molecule has 0 saturated heterocycles. The van der Waals surface area contributed by atoms with Crippen LogP contribution in [0.25, 0.3) is 0 Å². The van der Waals surface area contributed by atoms with Crippen LogP contribution in [0.2, 0.25) is 0 Å². The van der Waals surface area contributed by atoms with Gasteiger partial charge in [-0.1, -0.05) is 30.3 Å². The summed E-state index contributed by atoms with van der Waals surface area (Å²) in [5.74, 6) is -3.03. The van der Waals surface area contributed by atoms with Crippen LogP contribution in [0.3, 0.4) is 0 Å². The first-order valence-electron chi connectivity index (χ1n) is 7.67. The third kappa shape index (κ3) is 7.93. The molecule has 0 fully saturated rings. The summed E-state index contributed by atoms with van der Waals surface area (Å²) in [4.78, 5) is 45.6. The average Bonchev–Trinajstić information content (AvgIpc) is 2.57. The van der Waals surface area contributed by atoms with E-state index >= 15 is 0 Å². The van der Waals surface area contributed by atoms with E-state index in [1.165, 1.54) is 0 Å². The fourth-order valence-electron chi connectivity index (χ4n) is 2.05. The molecule has 0 aliphatic carbocycles. The summed E-state index contributed by atoms with van der Waals surface area (Å²) >= 11 is 0. The number of rotatable bonds is 10. The highest BCUT2D eigenvalue weighted by Crippen LogP contribution is 2.04. The second kappa shape index (κ2) is 10.0. The summed E-state index contributed by atoms with van der Waals surface area (Å²) in [6, 6.07) is 6.92. The summed E-state index contributed by atoms with van der Waals surface area (Å²) in [5.41, 5.74) is 11.5. The van der Waals surface area contributed by atoms with Crippen molar-refractivity contribution < 1.29 is 24.3 Å². The maximum atomic E-state index is 12.2. The van der Waals surface area contributed by atoms with Gasteiger partial charge in [-0.15, -0.1) is 0 Å². The Morgan fingerprint density at radius 1 is 1.08 bits per heavy atom. The molecule has 9 nitrogen and oxygen atoms in total. The zero-order valence-electron chi connectivity index (χ0n) is 13.6. The molecule has 0 spiro atoms. The zero-order chi connectivity index (χ0) is 18.8. The molecule has 7 N–H and O–H groups in total. The van der Waals surface area contributed by atoms with E-state index in [-0.39, 0.29) is 19.3 Å². The number of benzene rings is 1. The summed E-state index contributed by atoms with van der Waals surface area (Å²) in [5, 5.41) is 13.4. The Morgan fingerprint density at radius 2 is 1.72 bits per heavy atom. The van der Waals surface area contributed by atoms with E-state index in [1.807, 2.05) is 0 Å². The fraction of sp³-hybridized carbons (Fsp3) is 0.375. The van der Waals surface area contributed by atoms with Crippen molar-refractivity contribution in [1.82, 2.24) is 10.6 Å². The van der Waals surface area contributed by atoms with Gasteiger partial charge in [0.25, 0.3) is 0 Å². The average molecular weight is 350 g/mol. The van der Waals surface area contributed by atoms with Crippen LogP contribution < -0.4 is 22.1 Å². The number of primary amides is 1. The van der Waals surface area contributed by atoms with Crippen molar-refractivity contribution >= 4 is 23.7 Å². The molecule has 1 aromatic rings. The van der Waals surface area contributed by atoms with Crippen LogP contribution in [0.4, 0.5) is 0 Å². The lowest BCUT2D eigenvalue weighted by Crippen LogP contribution is -2.53. The van der Waals surface area contributed by atoms with Crippen LogP contribution in [0.15, 0.2) is 30.3 Å². The number of hydrogen-bond acceptors (Lipinski definition) is 5. The number of aliphatic carboxylic acids is 1. The third-order valence-electron chi connectivity index (χ3n) is 3.37. The van der Waals surface area contributed by atoms with Gasteiger partial charge in [-0.3, -0.25) is 19.2 Å². The zero-order valence-corrected chi connectivity index (χ0v) is 13.6. The van der Waals surface area contributed by atoms with E-state index in [2.05, 4.69) is 10.6 Å². The molecule has 136 valence electrons. The molecule has 2 atom stereocenters. The molecule has 1 aromatic carbocycles. The number of carboxylic acid groups (broad SMARTS) is 1. The highest BCUT2D eigenvalue weighted by Gasteiger charge is 2.24. The van der Waals surface area contributed by atoms with Gasteiger partial charge in [0.1, 0.15) is 12.6 Å². The van der Waals surface area contributed by atoms with Crippen LogP contribution in [-0.4, -0.2) is 47.4 Å². The molecule has 1 rings (SSSR count). The normalized spacial score (nSPS) is 12.7. The second-order valence-corrected chi connectivity index (χ2v) is 5.47. The van der Waals surface area contributed by atoms with Gasteiger partial charge >= 0.3 is 5.97 Å². The Kier molecular flexibility index (Phi) is 8.07. The van der Waals surface area contributed by atoms with Gasteiger partial charge < -0.3 is 27.2 Å². The minimum atomic E-state index is -1.20. The lowest BCUT2D eigenvalue weighted by Gasteiger charge is -2.20. The molecule has 0 heterocycles. The number of nitrogens with two attached hydrogens (primary N) is 2. The fourth-order valence-corrected chi connectivity index (χ4v) is 2.05. The third-order valence-corrected chi connectivity index (χ3v) is 3.37. The Labute approximate surface area is 144 Å². The van der Waals surface area contributed by atoms with Gasteiger partial charge in [-0.05, 0) is 12.0 Å². The first kappa shape index (κ1) is 20.1. The van der Waals surface area contributed by atoms with Crippen molar-refractivity contribution in [2.75, 3.05) is 6.54 Å². The Hall–Kier alpha value is -2.94. The standard InChI is InChI=1S/C16H22N4O5/c17-11(6-7-13(18)21)15(24)20-12(16(25)19-9-14(22)23)8-10-4-2-1-3-5-10/h1-5,11-12H,6-9,17H2,(H2,18,21)(H,19,25)(H,20,24)(H,22,23)/t11-,12-/m0/s1. The molecular weight excluding hydrogens is 328 g/mol. The van der Waals surface area contributed by atoms with Crippen molar-refractivity contribution in [1.29, 1.82) is 0 Å². The van der Waals surface area contributed by atoms with E-state index in [0.717, 1.165) is 5.56 Å². The molecular formula is C16H22N4O5. The molecule has 0 radical (unpaired) electrons. The van der Waals surface area contributed by atoms with E-state index in [1.54, 1.807) is 30.3 Å². The summed E-state index contributed by atoms with van der Waals surface area (Å²) in [6.45, 7) is -0.562. The first-order chi connectivity index (χ1) is 11.8. The minimum absolute atomic E-state index is 0.0516. The maximum Gasteiger partial charge on any atom is 0.322 e. The molecule has 9 heteroatoms. The van der Waals surface area contributed by atoms with E-state index < -0.39 is 42.3 Å². The predicted octanol–water partition coefficient (Wildman–Crippen LogP) is -1.49. The highest BCUT2D eigenvalue weighted by molar-refractivity contribution is 5.91. The van der Waals surface area contributed by atoms with Crippen LogP contribution in [-0.2, 0) is 25.6 Å². The number of amides is 3. The van der Waals surface area contributed by atoms with E-state index in [4.69, 9.17) is 16.6 Å². The van der Waals surface area contributed by atoms with Gasteiger partial charge in [0.15, 0.2) is 0 Å². The van der Waals surface area contributed by atoms with Crippen molar-refractivity contribution in [3.63, 3.8) is 0 Å². The maximum absolute atomic E-state index is 12.2. The largest absolute Gasteiger partial charge is 0.480 e. The van der Waals surface area contributed by atoms with Crippen LogP contribution in [0.5, 0.6) is 0 Å². The first-order valence-corrected chi connectivity index (χ1v) is 7.67. The topological polar surface area (TPSA) is 165 Å². The Morgan fingerprint density at radius 3 is 2.28 bits per heavy atom. The summed E-state index contributed by atoms with van der Waals surface area (Å²) in [7, 11) is 0. The summed E-state index contributed by atoms with van der Waals surface area (Å²) in [6.07, 6.45) is 0.166. The van der Waals surface area contributed by atoms with Gasteiger partial charge in [-0.25, -0.2) is 0 Å². The number of carboxylic acids is 1. The quantitative estimate of drug-likeness (QED) is 0.345. The number of carbonyl (C=O) groups excluding carboxylic acids is 3. The van der Waals surface area contributed by atoms with Gasteiger partial charge in [0.05, 0.1) is 6.04 Å². The molecule has 0 aliphatic heterocycles. The second-order valence-electron chi connectivity index (χ2n) is 5.47. The Balaban J connectivity index is 2.75. The van der Waals surface area contributed by atoms with E-state index in [9.17, 15) is 19.2 Å². The molecule has 25 heavy (non-hydrogen) atoms. The summed E-state index contributed by atoms with van der Waals surface area (Å²) < 4.78 is 0. The van der Waals surface area contributed by atoms with Crippen molar-refractivity contribution in [2.45, 2.75) is 31.3 Å². The minimum Gasteiger partial charge on any atom is -0.480 e. The molecule has 0 bridgehead atoms. The van der Waals surface area contributed by atoms with Gasteiger partial charge in [-0.2, -0.15) is 0 Å². The lowest BCUT2D eigenvalue weighted by molar-refractivity contribution is -0.138. The molecule has 0 saturated carbocycles. The number of hydrogen-bond donors (Lipinski definition) is 5. The van der Waals surface area contributed by atoms with Crippen molar-refractivity contribution in [3.05, 3.63) is 35.9 Å². The lowest BCUT2D eigenvalue weighted by atomic mass is 10.0. The SMILES string of the molecule is NC(=O)CC[C@H](N)C(=O)N[C@@H](Cc1ccccc1)C(=O)NCC(=O)O. The van der Waals surface area contributed by atoms with Crippen LogP contribution >= 0.6 is 0 Å². The monoisotopic (exact) mass is 350 g/mol. The smallest absolute Gasteiger partial charge is 0.322 e. The molecule has 0 unspecified atom stereocenters. The van der Waals surface area contributed by atoms with E-state index in [0.29, 0.717) is 0 Å². The van der Waals surface area contributed by atoms with Gasteiger partial charge in [0.2, 0.25) is 17.7 Å². The molecule has 0 aromatic heterocycles. The molecule has 3 amide bonds. The molecule has 0 aliphatic rings. The van der Waals surface area contributed by atoms with Gasteiger partial charge in [0, 0.05) is 12.8 Å². The van der Waals surface area contributed by atoms with Crippen LogP contribution in [0, 0.1) is 0 Å². The van der Waals surface area contributed by atoms with Crippen molar-refractivity contribution in [3.8, 4) is 0 Å². The predicted molar refractivity (Wildman–Crippen MR) is 89.1 cm³/mol. The number of nitrogens with one attached hydrogen (secondary N) is 2. The Bertz CT molecular complexity index is 620.